The Labute approximate surface area is 108 Å². The summed E-state index contributed by atoms with van der Waals surface area (Å²) in [5.41, 5.74) is 8.91. The van der Waals surface area contributed by atoms with Crippen LogP contribution in [0.25, 0.3) is 10.9 Å². The van der Waals surface area contributed by atoms with Crippen LogP contribution < -0.4 is 10.6 Å². The third kappa shape index (κ3) is 1.80. The fourth-order valence-electron chi connectivity index (χ4n) is 2.98. The van der Waals surface area contributed by atoms with Crippen molar-refractivity contribution >= 4 is 22.3 Å². The molecule has 1 aliphatic heterocycles. The number of nitrogen functional groups attached to an aromatic ring is 1. The van der Waals surface area contributed by atoms with Crippen LogP contribution in [0.2, 0.25) is 0 Å². The van der Waals surface area contributed by atoms with Crippen LogP contribution in [0.4, 0.5) is 11.4 Å². The van der Waals surface area contributed by atoms with E-state index in [1.54, 1.807) is 0 Å². The van der Waals surface area contributed by atoms with Crippen molar-refractivity contribution in [3.05, 3.63) is 30.5 Å². The van der Waals surface area contributed by atoms with Crippen molar-refractivity contribution in [1.29, 1.82) is 0 Å². The maximum Gasteiger partial charge on any atom is 0.0743 e. The lowest BCUT2D eigenvalue weighted by Gasteiger charge is -2.27. The van der Waals surface area contributed by atoms with Crippen molar-refractivity contribution < 1.29 is 0 Å². The minimum Gasteiger partial charge on any atom is -0.399 e. The predicted molar refractivity (Wildman–Crippen MR) is 76.8 cm³/mol. The van der Waals surface area contributed by atoms with Crippen molar-refractivity contribution in [1.82, 2.24) is 4.98 Å². The fraction of sp³-hybridized carbons (Fsp3) is 0.400. The van der Waals surface area contributed by atoms with Crippen molar-refractivity contribution in [3.63, 3.8) is 0 Å². The van der Waals surface area contributed by atoms with Crippen LogP contribution in [0, 0.1) is 0 Å². The van der Waals surface area contributed by atoms with Crippen molar-refractivity contribution in [2.24, 2.45) is 0 Å². The quantitative estimate of drug-likeness (QED) is 0.821. The average Bonchev–Trinajstić information content (AvgIpc) is 2.85. The molecule has 3 nitrogen and oxygen atoms in total. The number of nitrogens with zero attached hydrogens (tertiary/aromatic N) is 2. The summed E-state index contributed by atoms with van der Waals surface area (Å²) in [5.74, 6) is 0. The standard InChI is InChI=1S/C15H19N3/c1-2-12-4-3-9-18(12)15-7-8-17-14-10-11(16)5-6-13(14)15/h5-8,10,12H,2-4,9,16H2,1H3. The van der Waals surface area contributed by atoms with Gasteiger partial charge in [0, 0.05) is 35.5 Å². The summed E-state index contributed by atoms with van der Waals surface area (Å²) in [6, 6.07) is 8.82. The van der Waals surface area contributed by atoms with Gasteiger partial charge in [0.25, 0.3) is 0 Å². The van der Waals surface area contributed by atoms with E-state index in [-0.39, 0.29) is 0 Å². The highest BCUT2D eigenvalue weighted by Crippen LogP contribution is 2.32. The van der Waals surface area contributed by atoms with Gasteiger partial charge in [-0.15, -0.1) is 0 Å². The Morgan fingerprint density at radius 3 is 3.11 bits per heavy atom. The topological polar surface area (TPSA) is 42.2 Å². The summed E-state index contributed by atoms with van der Waals surface area (Å²) in [5, 5.41) is 1.21. The molecule has 18 heavy (non-hydrogen) atoms. The van der Waals surface area contributed by atoms with Gasteiger partial charge in [-0.05, 0) is 43.5 Å². The number of hydrogen-bond acceptors (Lipinski definition) is 3. The molecule has 0 spiro atoms. The molecule has 1 aromatic carbocycles. The van der Waals surface area contributed by atoms with Gasteiger partial charge in [0.1, 0.15) is 0 Å². The smallest absolute Gasteiger partial charge is 0.0743 e. The molecule has 0 bridgehead atoms. The normalized spacial score (nSPS) is 19.6. The second kappa shape index (κ2) is 4.48. The first kappa shape index (κ1) is 11.3. The third-order valence-electron chi connectivity index (χ3n) is 3.90. The first-order valence-electron chi connectivity index (χ1n) is 6.70. The third-order valence-corrected chi connectivity index (χ3v) is 3.90. The maximum atomic E-state index is 5.83. The highest BCUT2D eigenvalue weighted by Gasteiger charge is 2.24. The van der Waals surface area contributed by atoms with Crippen molar-refractivity contribution in [3.8, 4) is 0 Å². The molecule has 1 saturated heterocycles. The zero-order valence-electron chi connectivity index (χ0n) is 10.8. The van der Waals surface area contributed by atoms with Gasteiger partial charge in [-0.1, -0.05) is 6.92 Å². The first-order chi connectivity index (χ1) is 8.79. The predicted octanol–water partition coefficient (Wildman–Crippen LogP) is 3.20. The molecule has 1 fully saturated rings. The van der Waals surface area contributed by atoms with Gasteiger partial charge in [0.2, 0.25) is 0 Å². The van der Waals surface area contributed by atoms with Crippen molar-refractivity contribution in [2.75, 3.05) is 17.2 Å². The second-order valence-corrected chi connectivity index (χ2v) is 5.00. The summed E-state index contributed by atoms with van der Waals surface area (Å²) in [6.07, 6.45) is 5.69. The Hall–Kier alpha value is -1.77. The van der Waals surface area contributed by atoms with E-state index < -0.39 is 0 Å². The molecule has 0 aliphatic carbocycles. The summed E-state index contributed by atoms with van der Waals surface area (Å²) in [7, 11) is 0. The van der Waals surface area contributed by atoms with Crippen molar-refractivity contribution in [2.45, 2.75) is 32.2 Å². The average molecular weight is 241 g/mol. The number of pyridine rings is 1. The van der Waals surface area contributed by atoms with Crippen LogP contribution in [-0.4, -0.2) is 17.6 Å². The minimum absolute atomic E-state index is 0.674. The Bertz CT molecular complexity index is 565. The monoisotopic (exact) mass is 241 g/mol. The molecule has 2 N–H and O–H groups in total. The number of rotatable bonds is 2. The molecule has 1 unspecified atom stereocenters. The van der Waals surface area contributed by atoms with Crippen LogP contribution >= 0.6 is 0 Å². The lowest BCUT2D eigenvalue weighted by Crippen LogP contribution is -2.28. The SMILES string of the molecule is CCC1CCCN1c1ccnc2cc(N)ccc12. The van der Waals surface area contributed by atoms with Crippen LogP contribution in [0.5, 0.6) is 0 Å². The number of aromatic nitrogens is 1. The highest BCUT2D eigenvalue weighted by molar-refractivity contribution is 5.93. The van der Waals surface area contributed by atoms with Crippen LogP contribution in [0.15, 0.2) is 30.5 Å². The molecule has 1 aromatic heterocycles. The van der Waals surface area contributed by atoms with E-state index in [1.165, 1.54) is 30.3 Å². The lowest BCUT2D eigenvalue weighted by molar-refractivity contribution is 0.646. The van der Waals surface area contributed by atoms with E-state index in [1.807, 2.05) is 18.3 Å². The summed E-state index contributed by atoms with van der Waals surface area (Å²) < 4.78 is 0. The summed E-state index contributed by atoms with van der Waals surface area (Å²) >= 11 is 0. The van der Waals surface area contributed by atoms with Gasteiger partial charge in [0.05, 0.1) is 5.52 Å². The van der Waals surface area contributed by atoms with Gasteiger partial charge >= 0.3 is 0 Å². The largest absolute Gasteiger partial charge is 0.399 e. The molecule has 0 amide bonds. The Morgan fingerprint density at radius 2 is 2.28 bits per heavy atom. The molecule has 0 radical (unpaired) electrons. The van der Waals surface area contributed by atoms with Gasteiger partial charge in [0.15, 0.2) is 0 Å². The minimum atomic E-state index is 0.674. The van der Waals surface area contributed by atoms with Crippen LogP contribution in [0.1, 0.15) is 26.2 Å². The molecule has 94 valence electrons. The molecule has 3 rings (SSSR count). The van der Waals surface area contributed by atoms with Gasteiger partial charge in [-0.25, -0.2) is 0 Å². The summed E-state index contributed by atoms with van der Waals surface area (Å²) in [4.78, 5) is 6.95. The van der Waals surface area contributed by atoms with E-state index in [0.717, 1.165) is 17.7 Å². The molecule has 0 saturated carbocycles. The fourth-order valence-corrected chi connectivity index (χ4v) is 2.98. The number of anilines is 2. The number of nitrogens with two attached hydrogens (primary N) is 1. The van der Waals surface area contributed by atoms with Crippen LogP contribution in [-0.2, 0) is 0 Å². The zero-order valence-corrected chi connectivity index (χ0v) is 10.8. The first-order valence-corrected chi connectivity index (χ1v) is 6.70. The molecule has 2 aromatic rings. The summed E-state index contributed by atoms with van der Waals surface area (Å²) in [6.45, 7) is 3.42. The van der Waals surface area contributed by atoms with Gasteiger partial charge in [-0.2, -0.15) is 0 Å². The molecule has 2 heterocycles. The molecule has 1 aliphatic rings. The molecule has 1 atom stereocenters. The zero-order chi connectivity index (χ0) is 12.5. The second-order valence-electron chi connectivity index (χ2n) is 5.00. The van der Waals surface area contributed by atoms with E-state index in [9.17, 15) is 0 Å². The van der Waals surface area contributed by atoms with E-state index in [2.05, 4.69) is 28.9 Å². The van der Waals surface area contributed by atoms with Crippen LogP contribution in [0.3, 0.4) is 0 Å². The lowest BCUT2D eigenvalue weighted by atomic mass is 10.1. The molecular weight excluding hydrogens is 222 g/mol. The Morgan fingerprint density at radius 1 is 1.39 bits per heavy atom. The number of fused-ring (bicyclic) bond motifs is 1. The molecule has 3 heteroatoms. The van der Waals surface area contributed by atoms with Gasteiger partial charge in [-0.3, -0.25) is 4.98 Å². The highest BCUT2D eigenvalue weighted by atomic mass is 15.2. The maximum absolute atomic E-state index is 5.83. The van der Waals surface area contributed by atoms with E-state index in [0.29, 0.717) is 6.04 Å². The number of benzene rings is 1. The van der Waals surface area contributed by atoms with Gasteiger partial charge < -0.3 is 10.6 Å². The van der Waals surface area contributed by atoms with E-state index >= 15 is 0 Å². The van der Waals surface area contributed by atoms with E-state index in [4.69, 9.17) is 5.73 Å². The Balaban J connectivity index is 2.11. The number of hydrogen-bond donors (Lipinski definition) is 1. The molecular formula is C15H19N3. The Kier molecular flexibility index (Phi) is 2.82.